The number of halogens is 1. The van der Waals surface area contributed by atoms with Gasteiger partial charge in [0.15, 0.2) is 0 Å². The van der Waals surface area contributed by atoms with Crippen LogP contribution in [0.5, 0.6) is 5.88 Å². The van der Waals surface area contributed by atoms with Gasteiger partial charge >= 0.3 is 0 Å². The van der Waals surface area contributed by atoms with E-state index >= 15 is 0 Å². The van der Waals surface area contributed by atoms with Gasteiger partial charge in [-0.25, -0.2) is 17.8 Å². The van der Waals surface area contributed by atoms with E-state index < -0.39 is 15.8 Å². The first kappa shape index (κ1) is 15.9. The zero-order valence-electron chi connectivity index (χ0n) is 12.6. The van der Waals surface area contributed by atoms with Gasteiger partial charge < -0.3 is 4.74 Å². The van der Waals surface area contributed by atoms with Gasteiger partial charge in [-0.1, -0.05) is 6.07 Å². The van der Waals surface area contributed by atoms with Crippen molar-refractivity contribution in [1.29, 1.82) is 0 Å². The maximum absolute atomic E-state index is 13.0. The van der Waals surface area contributed by atoms with Crippen LogP contribution in [0.2, 0.25) is 0 Å². The van der Waals surface area contributed by atoms with E-state index in [1.54, 1.807) is 6.07 Å². The van der Waals surface area contributed by atoms with Crippen molar-refractivity contribution in [2.24, 2.45) is 0 Å². The molecule has 0 unspecified atom stereocenters. The number of benzene rings is 1. The number of aromatic nitrogens is 1. The zero-order valence-corrected chi connectivity index (χ0v) is 13.5. The standard InChI is InChI=1S/C16H17FN2O3S/c1-12-3-2-4-16(18-12)22-14-9-10-19(11-14)23(20,21)15-7-5-13(17)6-8-15/h2-8,14H,9-11H2,1H3/t14-/m1/s1. The van der Waals surface area contributed by atoms with E-state index in [2.05, 4.69) is 4.98 Å². The fraction of sp³-hybridized carbons (Fsp3) is 0.312. The maximum Gasteiger partial charge on any atom is 0.243 e. The van der Waals surface area contributed by atoms with Crippen molar-refractivity contribution in [3.05, 3.63) is 54.0 Å². The monoisotopic (exact) mass is 336 g/mol. The third-order valence-corrected chi connectivity index (χ3v) is 5.59. The summed E-state index contributed by atoms with van der Waals surface area (Å²) in [5.41, 5.74) is 0.844. The molecule has 122 valence electrons. The number of hydrogen-bond acceptors (Lipinski definition) is 4. The Balaban J connectivity index is 1.70. The summed E-state index contributed by atoms with van der Waals surface area (Å²) in [4.78, 5) is 4.35. The predicted octanol–water partition coefficient (Wildman–Crippen LogP) is 2.37. The topological polar surface area (TPSA) is 59.5 Å². The van der Waals surface area contributed by atoms with Gasteiger partial charge in [0.1, 0.15) is 11.9 Å². The summed E-state index contributed by atoms with van der Waals surface area (Å²) in [6.45, 7) is 2.50. The first-order chi connectivity index (χ1) is 10.9. The molecule has 0 bridgehead atoms. The Kier molecular flexibility index (Phi) is 4.32. The highest BCUT2D eigenvalue weighted by Gasteiger charge is 2.33. The van der Waals surface area contributed by atoms with Crippen LogP contribution in [-0.4, -0.2) is 36.9 Å². The van der Waals surface area contributed by atoms with Gasteiger partial charge in [-0.05, 0) is 43.7 Å². The molecule has 1 aliphatic rings. The van der Waals surface area contributed by atoms with Crippen LogP contribution in [0, 0.1) is 12.7 Å². The van der Waals surface area contributed by atoms with Crippen LogP contribution in [0.15, 0.2) is 47.4 Å². The lowest BCUT2D eigenvalue weighted by Crippen LogP contribution is -2.31. The lowest BCUT2D eigenvalue weighted by Gasteiger charge is -2.17. The Morgan fingerprint density at radius 1 is 1.22 bits per heavy atom. The second kappa shape index (κ2) is 6.25. The molecule has 1 atom stereocenters. The minimum Gasteiger partial charge on any atom is -0.473 e. The molecule has 1 fully saturated rings. The van der Waals surface area contributed by atoms with Crippen LogP contribution in [-0.2, 0) is 10.0 Å². The molecule has 1 aromatic carbocycles. The van der Waals surface area contributed by atoms with Crippen molar-refractivity contribution >= 4 is 10.0 Å². The molecule has 2 aromatic rings. The molecular weight excluding hydrogens is 319 g/mol. The second-order valence-electron chi connectivity index (χ2n) is 5.46. The van der Waals surface area contributed by atoms with Crippen molar-refractivity contribution in [3.63, 3.8) is 0 Å². The number of aryl methyl sites for hydroxylation is 1. The number of sulfonamides is 1. The first-order valence-corrected chi connectivity index (χ1v) is 8.75. The molecular formula is C16H17FN2O3S. The van der Waals surface area contributed by atoms with Gasteiger partial charge in [-0.2, -0.15) is 4.31 Å². The summed E-state index contributed by atoms with van der Waals surface area (Å²) in [5, 5.41) is 0. The highest BCUT2D eigenvalue weighted by atomic mass is 32.2. The Morgan fingerprint density at radius 2 is 1.96 bits per heavy atom. The van der Waals surface area contributed by atoms with Crippen LogP contribution in [0.25, 0.3) is 0 Å². The minimum absolute atomic E-state index is 0.0910. The highest BCUT2D eigenvalue weighted by molar-refractivity contribution is 7.89. The van der Waals surface area contributed by atoms with Crippen LogP contribution in [0.3, 0.4) is 0 Å². The van der Waals surface area contributed by atoms with Crippen molar-refractivity contribution in [1.82, 2.24) is 9.29 Å². The molecule has 1 aliphatic heterocycles. The summed E-state index contributed by atoms with van der Waals surface area (Å²) in [7, 11) is -3.62. The lowest BCUT2D eigenvalue weighted by molar-refractivity contribution is 0.206. The number of ether oxygens (including phenoxy) is 1. The fourth-order valence-corrected chi connectivity index (χ4v) is 4.01. The van der Waals surface area contributed by atoms with E-state index in [9.17, 15) is 12.8 Å². The van der Waals surface area contributed by atoms with E-state index in [4.69, 9.17) is 4.74 Å². The van der Waals surface area contributed by atoms with Gasteiger partial charge in [0, 0.05) is 18.3 Å². The molecule has 23 heavy (non-hydrogen) atoms. The Bertz CT molecular complexity index is 793. The summed E-state index contributed by atoms with van der Waals surface area (Å²) in [6.07, 6.45) is 0.357. The first-order valence-electron chi connectivity index (χ1n) is 7.31. The van der Waals surface area contributed by atoms with E-state index in [1.165, 1.54) is 16.4 Å². The number of hydrogen-bond donors (Lipinski definition) is 0. The van der Waals surface area contributed by atoms with Crippen LogP contribution >= 0.6 is 0 Å². The molecule has 7 heteroatoms. The zero-order chi connectivity index (χ0) is 16.4. The smallest absolute Gasteiger partial charge is 0.243 e. The molecule has 0 aliphatic carbocycles. The van der Waals surface area contributed by atoms with Gasteiger partial charge in [0.2, 0.25) is 15.9 Å². The molecule has 3 rings (SSSR count). The molecule has 1 saturated heterocycles. The quantitative estimate of drug-likeness (QED) is 0.860. The SMILES string of the molecule is Cc1cccc(O[C@@H]2CCN(S(=O)(=O)c3ccc(F)cc3)C2)n1. The van der Waals surface area contributed by atoms with Crippen molar-refractivity contribution in [3.8, 4) is 5.88 Å². The van der Waals surface area contributed by atoms with Crippen molar-refractivity contribution < 1.29 is 17.5 Å². The molecule has 1 aromatic heterocycles. The third-order valence-electron chi connectivity index (χ3n) is 3.71. The summed E-state index contributed by atoms with van der Waals surface area (Å²) in [5.74, 6) is 0.0353. The molecule has 0 radical (unpaired) electrons. The summed E-state index contributed by atoms with van der Waals surface area (Å²) >= 11 is 0. The average molecular weight is 336 g/mol. The second-order valence-corrected chi connectivity index (χ2v) is 7.40. The summed E-state index contributed by atoms with van der Waals surface area (Å²) < 4.78 is 45.1. The maximum atomic E-state index is 13.0. The van der Waals surface area contributed by atoms with Crippen LogP contribution in [0.4, 0.5) is 4.39 Å². The molecule has 0 spiro atoms. The predicted molar refractivity (Wildman–Crippen MR) is 83.2 cm³/mol. The van der Waals surface area contributed by atoms with E-state index in [0.29, 0.717) is 18.8 Å². The highest BCUT2D eigenvalue weighted by Crippen LogP contribution is 2.23. The molecule has 0 N–H and O–H groups in total. The fourth-order valence-electron chi connectivity index (χ4n) is 2.52. The van der Waals surface area contributed by atoms with E-state index in [0.717, 1.165) is 17.8 Å². The minimum atomic E-state index is -3.62. The largest absolute Gasteiger partial charge is 0.473 e. The van der Waals surface area contributed by atoms with E-state index in [-0.39, 0.29) is 17.5 Å². The Labute approximate surface area is 134 Å². The number of rotatable bonds is 4. The van der Waals surface area contributed by atoms with Gasteiger partial charge in [0.25, 0.3) is 0 Å². The van der Waals surface area contributed by atoms with E-state index in [1.807, 2.05) is 19.1 Å². The van der Waals surface area contributed by atoms with Crippen LogP contribution < -0.4 is 4.74 Å². The normalized spacial score (nSPS) is 19.0. The van der Waals surface area contributed by atoms with Crippen molar-refractivity contribution in [2.45, 2.75) is 24.3 Å². The van der Waals surface area contributed by atoms with Crippen LogP contribution in [0.1, 0.15) is 12.1 Å². The Hall–Kier alpha value is -1.99. The van der Waals surface area contributed by atoms with Gasteiger partial charge in [0.05, 0.1) is 11.4 Å². The molecule has 0 amide bonds. The van der Waals surface area contributed by atoms with Crippen molar-refractivity contribution in [2.75, 3.05) is 13.1 Å². The summed E-state index contributed by atoms with van der Waals surface area (Å²) in [6, 6.07) is 10.3. The molecule has 5 nitrogen and oxygen atoms in total. The average Bonchev–Trinajstić information content (AvgIpc) is 2.97. The van der Waals surface area contributed by atoms with Gasteiger partial charge in [-0.15, -0.1) is 0 Å². The Morgan fingerprint density at radius 3 is 2.65 bits per heavy atom. The number of pyridine rings is 1. The van der Waals surface area contributed by atoms with Gasteiger partial charge in [-0.3, -0.25) is 0 Å². The lowest BCUT2D eigenvalue weighted by atomic mass is 10.3. The molecule has 2 heterocycles. The third kappa shape index (κ3) is 3.51. The molecule has 0 saturated carbocycles. The number of nitrogens with zero attached hydrogens (tertiary/aromatic N) is 2.